The lowest BCUT2D eigenvalue weighted by molar-refractivity contribution is 0.244. The maximum absolute atomic E-state index is 13.0. The van der Waals surface area contributed by atoms with Crippen LogP contribution in [0.25, 0.3) is 10.9 Å². The van der Waals surface area contributed by atoms with E-state index in [9.17, 15) is 9.59 Å². The van der Waals surface area contributed by atoms with Gasteiger partial charge >= 0.3 is 5.69 Å². The van der Waals surface area contributed by atoms with Crippen LogP contribution in [0.3, 0.4) is 0 Å². The van der Waals surface area contributed by atoms with E-state index in [4.69, 9.17) is 9.15 Å². The molecule has 31 heavy (non-hydrogen) atoms. The molecule has 1 fully saturated rings. The summed E-state index contributed by atoms with van der Waals surface area (Å²) >= 11 is 0. The molecule has 3 aromatic rings. The molecule has 0 N–H and O–H groups in total. The Morgan fingerprint density at radius 2 is 1.74 bits per heavy atom. The first-order valence-corrected chi connectivity index (χ1v) is 10.9. The fraction of sp³-hybridized carbons (Fsp3) is 0.478. The van der Waals surface area contributed by atoms with E-state index in [0.717, 1.165) is 50.5 Å². The molecule has 8 heteroatoms. The first-order valence-electron chi connectivity index (χ1n) is 10.9. The average Bonchev–Trinajstić information content (AvgIpc) is 3.29. The average molecular weight is 427 g/mol. The van der Waals surface area contributed by atoms with E-state index in [2.05, 4.69) is 22.8 Å². The molecule has 1 aliphatic heterocycles. The van der Waals surface area contributed by atoms with Gasteiger partial charge in [0.15, 0.2) is 0 Å². The molecule has 0 spiro atoms. The van der Waals surface area contributed by atoms with Gasteiger partial charge in [-0.2, -0.15) is 0 Å². The van der Waals surface area contributed by atoms with Gasteiger partial charge in [-0.15, -0.1) is 0 Å². The number of furan rings is 1. The molecule has 0 saturated carbocycles. The number of hydrogen-bond donors (Lipinski definition) is 0. The fourth-order valence-corrected chi connectivity index (χ4v) is 4.21. The molecule has 1 aliphatic rings. The van der Waals surface area contributed by atoms with Crippen molar-refractivity contribution in [2.24, 2.45) is 0 Å². The van der Waals surface area contributed by atoms with Crippen molar-refractivity contribution in [2.75, 3.05) is 44.7 Å². The SMILES string of the molecule is CCCCn1c(=O)n(CCN2CCN(c3ccccc3OC)CC2)c(=O)c2cocc21. The first kappa shape index (κ1) is 21.2. The number of hydrogen-bond acceptors (Lipinski definition) is 6. The quantitative estimate of drug-likeness (QED) is 0.551. The lowest BCUT2D eigenvalue weighted by atomic mass is 10.2. The maximum atomic E-state index is 13.0. The number of benzene rings is 1. The Morgan fingerprint density at radius 3 is 2.48 bits per heavy atom. The highest BCUT2D eigenvalue weighted by molar-refractivity contribution is 5.76. The zero-order chi connectivity index (χ0) is 21.8. The minimum absolute atomic E-state index is 0.250. The van der Waals surface area contributed by atoms with Gasteiger partial charge < -0.3 is 14.1 Å². The van der Waals surface area contributed by atoms with Gasteiger partial charge in [-0.1, -0.05) is 25.5 Å². The van der Waals surface area contributed by atoms with Crippen LogP contribution in [0, 0.1) is 0 Å². The summed E-state index contributed by atoms with van der Waals surface area (Å²) in [6, 6.07) is 8.04. The number of nitrogens with zero attached hydrogens (tertiary/aromatic N) is 4. The van der Waals surface area contributed by atoms with Gasteiger partial charge in [0, 0.05) is 45.8 Å². The number of para-hydroxylation sites is 2. The van der Waals surface area contributed by atoms with Gasteiger partial charge in [-0.3, -0.25) is 18.8 Å². The fourth-order valence-electron chi connectivity index (χ4n) is 4.21. The molecule has 0 amide bonds. The number of aromatic nitrogens is 2. The summed E-state index contributed by atoms with van der Waals surface area (Å²) in [6.07, 6.45) is 4.79. The molecule has 8 nitrogen and oxygen atoms in total. The molecule has 4 rings (SSSR count). The van der Waals surface area contributed by atoms with Gasteiger partial charge in [0.2, 0.25) is 0 Å². The van der Waals surface area contributed by atoms with Crippen molar-refractivity contribution in [3.63, 3.8) is 0 Å². The molecule has 1 saturated heterocycles. The van der Waals surface area contributed by atoms with Crippen molar-refractivity contribution in [3.05, 3.63) is 57.6 Å². The molecule has 0 radical (unpaired) electrons. The van der Waals surface area contributed by atoms with Gasteiger partial charge in [-0.05, 0) is 18.6 Å². The normalized spacial score (nSPS) is 15.0. The predicted molar refractivity (Wildman–Crippen MR) is 121 cm³/mol. The Morgan fingerprint density at radius 1 is 0.968 bits per heavy atom. The number of ether oxygens (including phenoxy) is 1. The summed E-state index contributed by atoms with van der Waals surface area (Å²) in [5.74, 6) is 0.878. The van der Waals surface area contributed by atoms with Crippen LogP contribution < -0.4 is 20.9 Å². The topological polar surface area (TPSA) is 72.8 Å². The zero-order valence-electron chi connectivity index (χ0n) is 18.2. The van der Waals surface area contributed by atoms with Crippen molar-refractivity contribution in [1.29, 1.82) is 0 Å². The number of fused-ring (bicyclic) bond motifs is 1. The Kier molecular flexibility index (Phi) is 6.46. The van der Waals surface area contributed by atoms with E-state index in [1.54, 1.807) is 11.7 Å². The van der Waals surface area contributed by atoms with Gasteiger partial charge in [-0.25, -0.2) is 4.79 Å². The van der Waals surface area contributed by atoms with E-state index in [1.807, 2.05) is 18.2 Å². The number of piperazine rings is 1. The number of unbranched alkanes of at least 4 members (excludes halogenated alkanes) is 1. The van der Waals surface area contributed by atoms with E-state index >= 15 is 0 Å². The van der Waals surface area contributed by atoms with Crippen LogP contribution in [-0.4, -0.2) is 53.9 Å². The first-order chi connectivity index (χ1) is 15.1. The summed E-state index contributed by atoms with van der Waals surface area (Å²) in [4.78, 5) is 30.5. The molecular weight excluding hydrogens is 396 g/mol. The van der Waals surface area contributed by atoms with Gasteiger partial charge in [0.05, 0.1) is 18.3 Å². The second-order valence-electron chi connectivity index (χ2n) is 7.92. The summed E-state index contributed by atoms with van der Waals surface area (Å²) in [7, 11) is 1.69. The van der Waals surface area contributed by atoms with Crippen LogP contribution in [0.4, 0.5) is 5.69 Å². The second-order valence-corrected chi connectivity index (χ2v) is 7.92. The zero-order valence-corrected chi connectivity index (χ0v) is 18.2. The minimum atomic E-state index is -0.269. The van der Waals surface area contributed by atoms with Crippen LogP contribution in [0.2, 0.25) is 0 Å². The van der Waals surface area contributed by atoms with Crippen LogP contribution in [0.5, 0.6) is 5.75 Å². The maximum Gasteiger partial charge on any atom is 0.331 e. The van der Waals surface area contributed by atoms with Crippen LogP contribution >= 0.6 is 0 Å². The number of aryl methyl sites for hydroxylation is 1. The van der Waals surface area contributed by atoms with E-state index in [-0.39, 0.29) is 11.2 Å². The Balaban J connectivity index is 1.45. The number of methoxy groups -OCH3 is 1. The van der Waals surface area contributed by atoms with Crippen molar-refractivity contribution in [1.82, 2.24) is 14.0 Å². The Labute approximate surface area is 181 Å². The highest BCUT2D eigenvalue weighted by Crippen LogP contribution is 2.28. The highest BCUT2D eigenvalue weighted by atomic mass is 16.5. The van der Waals surface area contributed by atoms with Gasteiger partial charge in [0.1, 0.15) is 23.7 Å². The van der Waals surface area contributed by atoms with Gasteiger partial charge in [0.25, 0.3) is 5.56 Å². The Bertz CT molecular complexity index is 1140. The number of anilines is 1. The predicted octanol–water partition coefficient (Wildman–Crippen LogP) is 2.39. The van der Waals surface area contributed by atoms with Crippen molar-refractivity contribution < 1.29 is 9.15 Å². The molecule has 166 valence electrons. The van der Waals surface area contributed by atoms with Crippen molar-refractivity contribution >= 4 is 16.6 Å². The smallest absolute Gasteiger partial charge is 0.331 e. The lowest BCUT2D eigenvalue weighted by Gasteiger charge is -2.36. The third-order valence-corrected chi connectivity index (χ3v) is 6.04. The molecule has 0 unspecified atom stereocenters. The molecular formula is C23H30N4O4. The highest BCUT2D eigenvalue weighted by Gasteiger charge is 2.20. The number of rotatable bonds is 8. The Hall–Kier alpha value is -3.00. The van der Waals surface area contributed by atoms with Crippen molar-refractivity contribution in [3.8, 4) is 5.75 Å². The molecule has 0 aliphatic carbocycles. The molecule has 1 aromatic carbocycles. The van der Waals surface area contributed by atoms with E-state index < -0.39 is 0 Å². The van der Waals surface area contributed by atoms with Crippen LogP contribution in [0.1, 0.15) is 19.8 Å². The molecule has 0 atom stereocenters. The monoisotopic (exact) mass is 426 g/mol. The molecule has 0 bridgehead atoms. The second kappa shape index (κ2) is 9.43. The van der Waals surface area contributed by atoms with Crippen LogP contribution in [-0.2, 0) is 13.1 Å². The summed E-state index contributed by atoms with van der Waals surface area (Å²) < 4.78 is 13.8. The standard InChI is InChI=1S/C23H30N4O4/c1-3-4-9-26-20-17-31-16-18(20)22(28)27(23(26)29)15-12-24-10-13-25(14-11-24)19-7-5-6-8-21(19)30-2/h5-8,16-17H,3-4,9-15H2,1-2H3. The summed E-state index contributed by atoms with van der Waals surface area (Å²) in [5.41, 5.74) is 1.17. The summed E-state index contributed by atoms with van der Waals surface area (Å²) in [6.45, 7) is 7.18. The molecule has 2 aromatic heterocycles. The van der Waals surface area contributed by atoms with Crippen molar-refractivity contribution in [2.45, 2.75) is 32.9 Å². The van der Waals surface area contributed by atoms with Crippen LogP contribution in [0.15, 0.2) is 50.8 Å². The third kappa shape index (κ3) is 4.25. The van der Waals surface area contributed by atoms with E-state index in [1.165, 1.54) is 17.1 Å². The largest absolute Gasteiger partial charge is 0.495 e. The summed E-state index contributed by atoms with van der Waals surface area (Å²) in [5, 5.41) is 0.469. The lowest BCUT2D eigenvalue weighted by Crippen LogP contribution is -2.49. The molecule has 3 heterocycles. The minimum Gasteiger partial charge on any atom is -0.495 e. The van der Waals surface area contributed by atoms with E-state index in [0.29, 0.717) is 30.5 Å². The third-order valence-electron chi connectivity index (χ3n) is 6.04.